The number of carbonyl (C=O) groups excluding carboxylic acids is 1. The first-order valence-electron chi connectivity index (χ1n) is 11.1. The summed E-state index contributed by atoms with van der Waals surface area (Å²) < 4.78 is 13.5. The molecule has 2 heterocycles. The van der Waals surface area contributed by atoms with Crippen LogP contribution in [0.25, 0.3) is 0 Å². The zero-order valence-electron chi connectivity index (χ0n) is 19.2. The van der Waals surface area contributed by atoms with Gasteiger partial charge in [-0.1, -0.05) is 29.8 Å². The maximum atomic E-state index is 13.5. The monoisotopic (exact) mass is 437 g/mol. The van der Waals surface area contributed by atoms with E-state index in [-0.39, 0.29) is 29.5 Å². The van der Waals surface area contributed by atoms with Gasteiger partial charge in [-0.05, 0) is 57.5 Å². The van der Waals surface area contributed by atoms with Crippen LogP contribution in [0.4, 0.5) is 10.1 Å². The average molecular weight is 438 g/mol. The normalized spacial score (nSPS) is 20.7. The van der Waals surface area contributed by atoms with Crippen molar-refractivity contribution >= 4 is 17.4 Å². The van der Waals surface area contributed by atoms with Crippen molar-refractivity contribution in [1.29, 1.82) is 0 Å². The summed E-state index contributed by atoms with van der Waals surface area (Å²) in [6.45, 7) is 10.3. The van der Waals surface area contributed by atoms with Crippen molar-refractivity contribution in [2.24, 2.45) is 4.99 Å². The van der Waals surface area contributed by atoms with Crippen LogP contribution in [0.15, 0.2) is 53.5 Å². The molecule has 6 nitrogen and oxygen atoms in total. The molecule has 1 amide bonds. The number of amides is 1. The van der Waals surface area contributed by atoms with Gasteiger partial charge in [-0.25, -0.2) is 4.39 Å². The number of fused-ring (bicyclic) bond motifs is 1. The van der Waals surface area contributed by atoms with Crippen LogP contribution in [0.2, 0.25) is 0 Å². The summed E-state index contributed by atoms with van der Waals surface area (Å²) in [6, 6.07) is 14.6. The fourth-order valence-electron chi connectivity index (χ4n) is 4.07. The van der Waals surface area contributed by atoms with Crippen molar-refractivity contribution in [3.8, 4) is 0 Å². The first kappa shape index (κ1) is 22.3. The van der Waals surface area contributed by atoms with E-state index < -0.39 is 0 Å². The van der Waals surface area contributed by atoms with Crippen molar-refractivity contribution in [3.63, 3.8) is 0 Å². The number of nitrogens with zero attached hydrogens (tertiary/aromatic N) is 3. The van der Waals surface area contributed by atoms with Gasteiger partial charge in [-0.2, -0.15) is 0 Å². The molecule has 2 aliphatic heterocycles. The molecule has 0 saturated carbocycles. The molecule has 2 aromatic carbocycles. The van der Waals surface area contributed by atoms with Gasteiger partial charge in [0, 0.05) is 24.3 Å². The second-order valence-electron chi connectivity index (χ2n) is 9.61. The van der Waals surface area contributed by atoms with E-state index in [9.17, 15) is 9.18 Å². The van der Waals surface area contributed by atoms with Gasteiger partial charge in [0.05, 0.1) is 13.1 Å². The molecule has 2 atom stereocenters. The Morgan fingerprint density at radius 3 is 2.44 bits per heavy atom. The number of anilines is 1. The Hall–Kier alpha value is -2.93. The lowest BCUT2D eigenvalue weighted by atomic mass is 10.0. The predicted octanol–water partition coefficient (Wildman–Crippen LogP) is 3.56. The van der Waals surface area contributed by atoms with Crippen molar-refractivity contribution in [2.45, 2.75) is 45.4 Å². The summed E-state index contributed by atoms with van der Waals surface area (Å²) in [4.78, 5) is 21.9. The van der Waals surface area contributed by atoms with Gasteiger partial charge in [0.25, 0.3) is 0 Å². The molecule has 32 heavy (non-hydrogen) atoms. The molecule has 2 N–H and O–H groups in total. The SMILES string of the molecule is Cc1ccc(NC2C(c3ccc(F)cc3)N=C3CN(C(=O)CNC(C)(C)C)CCN32)cc1. The molecule has 2 unspecified atom stereocenters. The van der Waals surface area contributed by atoms with Crippen LogP contribution in [0.5, 0.6) is 0 Å². The van der Waals surface area contributed by atoms with Crippen molar-refractivity contribution in [1.82, 2.24) is 15.1 Å². The molecule has 0 spiro atoms. The Morgan fingerprint density at radius 2 is 1.78 bits per heavy atom. The number of carbonyl (C=O) groups is 1. The summed E-state index contributed by atoms with van der Waals surface area (Å²) in [6.07, 6.45) is -0.0943. The number of hydrogen-bond donors (Lipinski definition) is 2. The molecule has 0 aromatic heterocycles. The third-order valence-corrected chi connectivity index (χ3v) is 5.90. The van der Waals surface area contributed by atoms with Gasteiger partial charge in [0.15, 0.2) is 0 Å². The molecule has 4 rings (SSSR count). The largest absolute Gasteiger partial charge is 0.363 e. The van der Waals surface area contributed by atoms with Crippen LogP contribution >= 0.6 is 0 Å². The van der Waals surface area contributed by atoms with Crippen LogP contribution < -0.4 is 10.6 Å². The van der Waals surface area contributed by atoms with E-state index in [0.29, 0.717) is 26.2 Å². The van der Waals surface area contributed by atoms with Crippen LogP contribution in [-0.2, 0) is 4.79 Å². The quantitative estimate of drug-likeness (QED) is 0.751. The van der Waals surface area contributed by atoms with Gasteiger partial charge in [-0.3, -0.25) is 9.79 Å². The van der Waals surface area contributed by atoms with Crippen LogP contribution in [0.1, 0.15) is 37.9 Å². The molecule has 0 bridgehead atoms. The van der Waals surface area contributed by atoms with E-state index in [1.807, 2.05) is 25.7 Å². The zero-order valence-corrected chi connectivity index (χ0v) is 19.2. The van der Waals surface area contributed by atoms with Crippen molar-refractivity contribution < 1.29 is 9.18 Å². The Balaban J connectivity index is 1.54. The van der Waals surface area contributed by atoms with Gasteiger partial charge in [0.2, 0.25) is 5.91 Å². The van der Waals surface area contributed by atoms with Gasteiger partial charge < -0.3 is 20.4 Å². The van der Waals surface area contributed by atoms with E-state index in [0.717, 1.165) is 17.1 Å². The number of nitrogens with one attached hydrogen (secondary N) is 2. The maximum Gasteiger partial charge on any atom is 0.237 e. The van der Waals surface area contributed by atoms with Gasteiger partial charge in [-0.15, -0.1) is 0 Å². The standard InChI is InChI=1S/C25H32FN5O/c1-17-5-11-20(12-6-17)28-24-23(18-7-9-19(26)10-8-18)29-21-16-30(13-14-31(21)24)22(32)15-27-25(2,3)4/h5-12,23-24,27-28H,13-16H2,1-4H3. The average Bonchev–Trinajstić information content (AvgIpc) is 3.11. The Labute approximate surface area is 189 Å². The molecule has 170 valence electrons. The minimum absolute atomic E-state index is 0.0792. The lowest BCUT2D eigenvalue weighted by Crippen LogP contribution is -2.56. The highest BCUT2D eigenvalue weighted by Crippen LogP contribution is 2.34. The lowest BCUT2D eigenvalue weighted by molar-refractivity contribution is -0.130. The van der Waals surface area contributed by atoms with E-state index in [1.165, 1.54) is 17.7 Å². The topological polar surface area (TPSA) is 60.0 Å². The van der Waals surface area contributed by atoms with Crippen molar-refractivity contribution in [3.05, 3.63) is 65.5 Å². The number of aryl methyl sites for hydroxylation is 1. The summed E-state index contributed by atoms with van der Waals surface area (Å²) >= 11 is 0. The third-order valence-electron chi connectivity index (χ3n) is 5.90. The van der Waals surface area contributed by atoms with Gasteiger partial charge >= 0.3 is 0 Å². The summed E-state index contributed by atoms with van der Waals surface area (Å²) in [5, 5.41) is 6.89. The minimum Gasteiger partial charge on any atom is -0.363 e. The molecule has 2 aromatic rings. The molecule has 0 aliphatic carbocycles. The summed E-state index contributed by atoms with van der Waals surface area (Å²) in [7, 11) is 0. The predicted molar refractivity (Wildman–Crippen MR) is 126 cm³/mol. The Morgan fingerprint density at radius 1 is 1.09 bits per heavy atom. The van der Waals surface area contributed by atoms with Crippen LogP contribution in [0.3, 0.4) is 0 Å². The Bertz CT molecular complexity index is 981. The highest BCUT2D eigenvalue weighted by atomic mass is 19.1. The van der Waals surface area contributed by atoms with Crippen LogP contribution in [0, 0.1) is 12.7 Å². The Kier molecular flexibility index (Phi) is 6.20. The first-order chi connectivity index (χ1) is 15.2. The number of piperazine rings is 1. The number of benzene rings is 2. The second kappa shape index (κ2) is 8.90. The van der Waals surface area contributed by atoms with Crippen LogP contribution in [-0.4, -0.2) is 59.4 Å². The summed E-state index contributed by atoms with van der Waals surface area (Å²) in [5.41, 5.74) is 3.05. The minimum atomic E-state index is -0.261. The molecule has 1 saturated heterocycles. The zero-order chi connectivity index (χ0) is 22.9. The third kappa shape index (κ3) is 5.10. The second-order valence-corrected chi connectivity index (χ2v) is 9.61. The van der Waals surface area contributed by atoms with E-state index in [2.05, 4.69) is 46.7 Å². The summed E-state index contributed by atoms with van der Waals surface area (Å²) in [5.74, 6) is 0.707. The molecule has 2 aliphatic rings. The highest BCUT2D eigenvalue weighted by Gasteiger charge is 2.40. The van der Waals surface area contributed by atoms with Gasteiger partial charge in [0.1, 0.15) is 23.9 Å². The number of aliphatic imine (C=N–C) groups is 1. The molecular formula is C25H32FN5O. The number of hydrogen-bond acceptors (Lipinski definition) is 5. The number of amidine groups is 1. The van der Waals surface area contributed by atoms with Crippen molar-refractivity contribution in [2.75, 3.05) is 31.5 Å². The fourth-order valence-corrected chi connectivity index (χ4v) is 4.07. The van der Waals surface area contributed by atoms with E-state index in [1.54, 1.807) is 12.1 Å². The highest BCUT2D eigenvalue weighted by molar-refractivity contribution is 5.92. The molecule has 0 radical (unpaired) electrons. The maximum absolute atomic E-state index is 13.5. The number of rotatable bonds is 5. The smallest absolute Gasteiger partial charge is 0.237 e. The molecule has 1 fully saturated rings. The number of halogens is 1. The lowest BCUT2D eigenvalue weighted by Gasteiger charge is -2.39. The van der Waals surface area contributed by atoms with E-state index in [4.69, 9.17) is 4.99 Å². The first-order valence-corrected chi connectivity index (χ1v) is 11.1. The molecular weight excluding hydrogens is 405 g/mol. The fraction of sp³-hybridized carbons (Fsp3) is 0.440. The molecule has 7 heteroatoms. The van der Waals surface area contributed by atoms with E-state index >= 15 is 0 Å².